The van der Waals surface area contributed by atoms with Crippen LogP contribution in [0.25, 0.3) is 0 Å². The molecule has 4 nitrogen and oxygen atoms in total. The molecule has 0 bridgehead atoms. The van der Waals surface area contributed by atoms with Crippen LogP contribution in [0.2, 0.25) is 10.2 Å². The van der Waals surface area contributed by atoms with Crippen LogP contribution in [0.15, 0.2) is 30.5 Å². The number of benzene rings is 1. The molecule has 1 amide bonds. The summed E-state index contributed by atoms with van der Waals surface area (Å²) in [4.78, 5) is 16.1. The summed E-state index contributed by atoms with van der Waals surface area (Å²) in [5.74, 6) is -0.265. The summed E-state index contributed by atoms with van der Waals surface area (Å²) in [6.07, 6.45) is 4.21. The Labute approximate surface area is 138 Å². The van der Waals surface area contributed by atoms with Crippen molar-refractivity contribution < 1.29 is 4.79 Å². The first-order valence-corrected chi connectivity index (χ1v) is 7.78. The number of anilines is 1. The molecule has 0 saturated heterocycles. The van der Waals surface area contributed by atoms with Crippen LogP contribution in [-0.4, -0.2) is 16.9 Å². The minimum absolute atomic E-state index is 0.184. The van der Waals surface area contributed by atoms with E-state index in [0.717, 1.165) is 24.9 Å². The van der Waals surface area contributed by atoms with Gasteiger partial charge in [-0.2, -0.15) is 0 Å². The highest BCUT2D eigenvalue weighted by Crippen LogP contribution is 2.25. The van der Waals surface area contributed by atoms with E-state index in [1.54, 1.807) is 0 Å². The summed E-state index contributed by atoms with van der Waals surface area (Å²) in [5.41, 5.74) is 9.59. The summed E-state index contributed by atoms with van der Waals surface area (Å²) < 4.78 is 0. The molecule has 0 spiro atoms. The molecule has 0 unspecified atom stereocenters. The number of amides is 1. The molecular weight excluding hydrogens is 321 g/mol. The van der Waals surface area contributed by atoms with Crippen LogP contribution >= 0.6 is 23.2 Å². The minimum Gasteiger partial charge on any atom is -0.327 e. The normalized spacial score (nSPS) is 17.0. The molecule has 1 aliphatic carbocycles. The van der Waals surface area contributed by atoms with Gasteiger partial charge in [-0.05, 0) is 48.6 Å². The number of pyridine rings is 1. The molecule has 1 atom stereocenters. The van der Waals surface area contributed by atoms with Crippen LogP contribution in [0.5, 0.6) is 0 Å². The Morgan fingerprint density at radius 3 is 2.86 bits per heavy atom. The number of nitrogens with zero attached hydrogens (tertiary/aromatic N) is 1. The van der Waals surface area contributed by atoms with Gasteiger partial charge in [-0.25, -0.2) is 4.98 Å². The average Bonchev–Trinajstić information content (AvgIpc) is 2.50. The number of nitrogens with one attached hydrogen (secondary N) is 1. The monoisotopic (exact) mass is 335 g/mol. The number of rotatable bonds is 2. The second kappa shape index (κ2) is 6.24. The van der Waals surface area contributed by atoms with Crippen molar-refractivity contribution in [1.82, 2.24) is 4.98 Å². The molecule has 1 aromatic heterocycles. The SMILES string of the molecule is N[C@H]1CCc2cc(NC(=O)c3cnc(Cl)c(Cl)c3)ccc2C1. The van der Waals surface area contributed by atoms with Crippen molar-refractivity contribution in [3.05, 3.63) is 57.3 Å². The molecule has 1 heterocycles. The molecule has 2 aromatic rings. The van der Waals surface area contributed by atoms with Gasteiger partial charge in [0.2, 0.25) is 0 Å². The lowest BCUT2D eigenvalue weighted by atomic mass is 9.88. The molecule has 0 radical (unpaired) electrons. The highest BCUT2D eigenvalue weighted by molar-refractivity contribution is 6.41. The van der Waals surface area contributed by atoms with E-state index in [2.05, 4.69) is 10.3 Å². The van der Waals surface area contributed by atoms with E-state index in [4.69, 9.17) is 28.9 Å². The largest absolute Gasteiger partial charge is 0.327 e. The number of fused-ring (bicyclic) bond motifs is 1. The second-order valence-corrected chi connectivity index (χ2v) is 6.20. The van der Waals surface area contributed by atoms with Crippen molar-refractivity contribution in [2.24, 2.45) is 5.73 Å². The van der Waals surface area contributed by atoms with Crippen molar-refractivity contribution >= 4 is 34.8 Å². The Kier molecular flexibility index (Phi) is 4.34. The summed E-state index contributed by atoms with van der Waals surface area (Å²) in [6, 6.07) is 7.65. The highest BCUT2D eigenvalue weighted by Gasteiger charge is 2.16. The molecule has 0 aliphatic heterocycles. The van der Waals surface area contributed by atoms with E-state index < -0.39 is 0 Å². The van der Waals surface area contributed by atoms with Crippen molar-refractivity contribution in [2.45, 2.75) is 25.3 Å². The van der Waals surface area contributed by atoms with E-state index in [1.165, 1.54) is 23.4 Å². The molecular formula is C16H15Cl2N3O. The van der Waals surface area contributed by atoms with Crippen molar-refractivity contribution in [3.8, 4) is 0 Å². The fourth-order valence-corrected chi connectivity index (χ4v) is 2.88. The van der Waals surface area contributed by atoms with E-state index in [0.29, 0.717) is 5.56 Å². The molecule has 22 heavy (non-hydrogen) atoms. The molecule has 6 heteroatoms. The van der Waals surface area contributed by atoms with Gasteiger partial charge in [-0.15, -0.1) is 0 Å². The number of nitrogens with two attached hydrogens (primary N) is 1. The number of aromatic nitrogens is 1. The second-order valence-electron chi connectivity index (χ2n) is 5.44. The Balaban J connectivity index is 1.78. The Bertz CT molecular complexity index is 733. The lowest BCUT2D eigenvalue weighted by Crippen LogP contribution is -2.27. The van der Waals surface area contributed by atoms with Gasteiger partial charge in [-0.1, -0.05) is 29.3 Å². The molecule has 1 aromatic carbocycles. The molecule has 114 valence electrons. The standard InChI is InChI=1S/C16H15Cl2N3O/c17-14-7-11(8-20-15(14)18)16(22)21-13-4-2-9-5-12(19)3-1-10(9)6-13/h2,4,6-8,12H,1,3,5,19H2,(H,21,22)/t12-/m0/s1. The predicted octanol–water partition coefficient (Wildman–Crippen LogP) is 3.46. The quantitative estimate of drug-likeness (QED) is 0.826. The van der Waals surface area contributed by atoms with Gasteiger partial charge >= 0.3 is 0 Å². The third-order valence-electron chi connectivity index (χ3n) is 3.79. The van der Waals surface area contributed by atoms with Gasteiger partial charge in [-0.3, -0.25) is 4.79 Å². The number of hydrogen-bond acceptors (Lipinski definition) is 3. The van der Waals surface area contributed by atoms with E-state index in [-0.39, 0.29) is 22.1 Å². The topological polar surface area (TPSA) is 68.0 Å². The molecule has 3 rings (SSSR count). The van der Waals surface area contributed by atoms with Gasteiger partial charge < -0.3 is 11.1 Å². The number of halogens is 2. The van der Waals surface area contributed by atoms with Crippen LogP contribution in [0.4, 0.5) is 5.69 Å². The van der Waals surface area contributed by atoms with Gasteiger partial charge in [0.1, 0.15) is 5.15 Å². The van der Waals surface area contributed by atoms with Gasteiger partial charge in [0, 0.05) is 17.9 Å². The molecule has 0 saturated carbocycles. The van der Waals surface area contributed by atoms with Crippen LogP contribution in [-0.2, 0) is 12.8 Å². The predicted molar refractivity (Wildman–Crippen MR) is 88.7 cm³/mol. The Hall–Kier alpha value is -1.62. The zero-order valence-corrected chi connectivity index (χ0v) is 13.3. The lowest BCUT2D eigenvalue weighted by Gasteiger charge is -2.22. The maximum Gasteiger partial charge on any atom is 0.257 e. The first-order valence-electron chi connectivity index (χ1n) is 7.02. The zero-order valence-electron chi connectivity index (χ0n) is 11.8. The highest BCUT2D eigenvalue weighted by atomic mass is 35.5. The number of hydrogen-bond donors (Lipinski definition) is 2. The Morgan fingerprint density at radius 2 is 2.09 bits per heavy atom. The minimum atomic E-state index is -0.265. The third kappa shape index (κ3) is 3.24. The fraction of sp³-hybridized carbons (Fsp3) is 0.250. The fourth-order valence-electron chi connectivity index (χ4n) is 2.61. The molecule has 3 N–H and O–H groups in total. The number of carbonyl (C=O) groups excluding carboxylic acids is 1. The van der Waals surface area contributed by atoms with Crippen LogP contribution in [0, 0.1) is 0 Å². The van der Waals surface area contributed by atoms with E-state index in [1.807, 2.05) is 18.2 Å². The average molecular weight is 336 g/mol. The Morgan fingerprint density at radius 1 is 1.27 bits per heavy atom. The summed E-state index contributed by atoms with van der Waals surface area (Å²) in [7, 11) is 0. The van der Waals surface area contributed by atoms with Crippen LogP contribution in [0.1, 0.15) is 27.9 Å². The third-order valence-corrected chi connectivity index (χ3v) is 4.48. The number of carbonyl (C=O) groups is 1. The van der Waals surface area contributed by atoms with Crippen molar-refractivity contribution in [3.63, 3.8) is 0 Å². The lowest BCUT2D eigenvalue weighted by molar-refractivity contribution is 0.102. The summed E-state index contributed by atoms with van der Waals surface area (Å²) in [5, 5.41) is 3.30. The van der Waals surface area contributed by atoms with Crippen molar-refractivity contribution in [1.29, 1.82) is 0 Å². The maximum atomic E-state index is 12.2. The zero-order chi connectivity index (χ0) is 15.7. The van der Waals surface area contributed by atoms with E-state index >= 15 is 0 Å². The van der Waals surface area contributed by atoms with Crippen molar-refractivity contribution in [2.75, 3.05) is 5.32 Å². The summed E-state index contributed by atoms with van der Waals surface area (Å²) in [6.45, 7) is 0. The van der Waals surface area contributed by atoms with Crippen LogP contribution < -0.4 is 11.1 Å². The molecule has 0 fully saturated rings. The maximum absolute atomic E-state index is 12.2. The van der Waals surface area contributed by atoms with Gasteiger partial charge in [0.15, 0.2) is 0 Å². The first-order chi connectivity index (χ1) is 10.5. The van der Waals surface area contributed by atoms with Gasteiger partial charge in [0.05, 0.1) is 10.6 Å². The first kappa shape index (κ1) is 15.3. The smallest absolute Gasteiger partial charge is 0.257 e. The summed E-state index contributed by atoms with van der Waals surface area (Å²) >= 11 is 11.6. The molecule has 1 aliphatic rings. The number of aryl methyl sites for hydroxylation is 1. The van der Waals surface area contributed by atoms with E-state index in [9.17, 15) is 4.79 Å². The van der Waals surface area contributed by atoms with Gasteiger partial charge in [0.25, 0.3) is 5.91 Å². The van der Waals surface area contributed by atoms with Crippen LogP contribution in [0.3, 0.4) is 0 Å².